The lowest BCUT2D eigenvalue weighted by atomic mass is 10.1. The van der Waals surface area contributed by atoms with Crippen LogP contribution in [-0.2, 0) is 6.54 Å². The third-order valence-corrected chi connectivity index (χ3v) is 3.00. The Balaban J connectivity index is 2.93. The molecule has 1 aromatic rings. The van der Waals surface area contributed by atoms with Crippen molar-refractivity contribution in [3.8, 4) is 11.5 Å². The van der Waals surface area contributed by atoms with Crippen LogP contribution in [0.15, 0.2) is 23.8 Å². The minimum absolute atomic E-state index is 0.529. The van der Waals surface area contributed by atoms with Crippen molar-refractivity contribution in [2.75, 3.05) is 20.3 Å². The van der Waals surface area contributed by atoms with Gasteiger partial charge in [-0.3, -0.25) is 0 Å². The van der Waals surface area contributed by atoms with Crippen LogP contribution in [0.1, 0.15) is 32.8 Å². The van der Waals surface area contributed by atoms with E-state index in [-0.39, 0.29) is 0 Å². The van der Waals surface area contributed by atoms with Crippen molar-refractivity contribution >= 4 is 11.6 Å². The van der Waals surface area contributed by atoms with Crippen molar-refractivity contribution in [1.29, 1.82) is 0 Å². The fraction of sp³-hybridized carbons (Fsp3) is 0.500. The minimum atomic E-state index is 0.529. The third kappa shape index (κ3) is 5.43. The predicted octanol–water partition coefficient (Wildman–Crippen LogP) is 4.19. The van der Waals surface area contributed by atoms with Crippen LogP contribution in [-0.4, -0.2) is 20.3 Å². The quantitative estimate of drug-likeness (QED) is 0.576. The number of methoxy groups -OCH3 is 1. The molecule has 112 valence electrons. The summed E-state index contributed by atoms with van der Waals surface area (Å²) in [6, 6.07) is 3.70. The minimum Gasteiger partial charge on any atom is -0.493 e. The number of ether oxygens (including phenoxy) is 2. The Morgan fingerprint density at radius 2 is 2.10 bits per heavy atom. The zero-order valence-electron chi connectivity index (χ0n) is 12.8. The molecule has 0 aliphatic carbocycles. The molecule has 1 aromatic carbocycles. The van der Waals surface area contributed by atoms with E-state index in [2.05, 4.69) is 12.2 Å². The van der Waals surface area contributed by atoms with E-state index in [1.807, 2.05) is 26.0 Å². The van der Waals surface area contributed by atoms with Gasteiger partial charge in [0.25, 0.3) is 0 Å². The van der Waals surface area contributed by atoms with E-state index in [1.54, 1.807) is 13.2 Å². The van der Waals surface area contributed by atoms with E-state index in [9.17, 15) is 0 Å². The number of benzene rings is 1. The van der Waals surface area contributed by atoms with Crippen molar-refractivity contribution in [3.05, 3.63) is 34.4 Å². The lowest BCUT2D eigenvalue weighted by Gasteiger charge is -2.15. The summed E-state index contributed by atoms with van der Waals surface area (Å²) in [7, 11) is 1.63. The summed E-state index contributed by atoms with van der Waals surface area (Å²) in [5, 5.41) is 4.02. The Morgan fingerprint density at radius 1 is 1.35 bits per heavy atom. The molecule has 0 aliphatic heterocycles. The highest BCUT2D eigenvalue weighted by Crippen LogP contribution is 2.34. The molecule has 1 rings (SSSR count). The second-order valence-electron chi connectivity index (χ2n) is 4.87. The molecule has 0 aliphatic rings. The van der Waals surface area contributed by atoms with Crippen LogP contribution in [0.4, 0.5) is 0 Å². The predicted molar refractivity (Wildman–Crippen MR) is 84.9 cm³/mol. The highest BCUT2D eigenvalue weighted by Gasteiger charge is 2.12. The van der Waals surface area contributed by atoms with Crippen molar-refractivity contribution in [3.63, 3.8) is 0 Å². The summed E-state index contributed by atoms with van der Waals surface area (Å²) in [4.78, 5) is 0. The van der Waals surface area contributed by atoms with Gasteiger partial charge in [0.2, 0.25) is 0 Å². The molecule has 20 heavy (non-hydrogen) atoms. The molecular formula is C16H24ClNO2. The zero-order valence-corrected chi connectivity index (χ0v) is 13.5. The van der Waals surface area contributed by atoms with E-state index < -0.39 is 0 Å². The van der Waals surface area contributed by atoms with Crippen LogP contribution in [0, 0.1) is 0 Å². The van der Waals surface area contributed by atoms with Crippen LogP contribution in [0.2, 0.25) is 5.02 Å². The van der Waals surface area contributed by atoms with Gasteiger partial charge in [0, 0.05) is 23.2 Å². The van der Waals surface area contributed by atoms with Gasteiger partial charge in [-0.15, -0.1) is 0 Å². The van der Waals surface area contributed by atoms with Crippen molar-refractivity contribution in [2.24, 2.45) is 0 Å². The average Bonchev–Trinajstić information content (AvgIpc) is 2.40. The first-order valence-electron chi connectivity index (χ1n) is 6.91. The highest BCUT2D eigenvalue weighted by molar-refractivity contribution is 6.30. The smallest absolute Gasteiger partial charge is 0.166 e. The average molecular weight is 298 g/mol. The van der Waals surface area contributed by atoms with Crippen molar-refractivity contribution in [1.82, 2.24) is 5.32 Å². The first kappa shape index (κ1) is 16.9. The molecule has 0 saturated heterocycles. The van der Waals surface area contributed by atoms with Crippen LogP contribution in [0.3, 0.4) is 0 Å². The number of allylic oxidation sites excluding steroid dienone is 1. The standard InChI is InChI=1S/C16H24ClNO2/c1-5-7-18-11-13-9-14(17)10-15(19-4)16(13)20-8-6-12(2)3/h6,9-10,18H,5,7-8,11H2,1-4H3. The summed E-state index contributed by atoms with van der Waals surface area (Å²) in [5.41, 5.74) is 2.24. The Labute approximate surface area is 126 Å². The molecule has 0 fully saturated rings. The Kier molecular flexibility index (Phi) is 7.48. The van der Waals surface area contributed by atoms with Gasteiger partial charge in [0.1, 0.15) is 6.61 Å². The summed E-state index contributed by atoms with van der Waals surface area (Å²) in [5.74, 6) is 1.44. The molecule has 0 amide bonds. The molecule has 0 unspecified atom stereocenters. The first-order valence-corrected chi connectivity index (χ1v) is 7.29. The maximum Gasteiger partial charge on any atom is 0.166 e. The molecule has 0 aromatic heterocycles. The fourth-order valence-corrected chi connectivity index (χ4v) is 1.99. The second-order valence-corrected chi connectivity index (χ2v) is 5.30. The summed E-state index contributed by atoms with van der Waals surface area (Å²) in [6.45, 7) is 8.44. The number of halogens is 1. The maximum absolute atomic E-state index is 6.12. The van der Waals surface area contributed by atoms with Gasteiger partial charge in [0.15, 0.2) is 11.5 Å². The summed E-state index contributed by atoms with van der Waals surface area (Å²) >= 11 is 6.12. The molecule has 0 heterocycles. The third-order valence-electron chi connectivity index (χ3n) is 2.78. The van der Waals surface area contributed by atoms with E-state index in [1.165, 1.54) is 5.57 Å². The Hall–Kier alpha value is -1.19. The van der Waals surface area contributed by atoms with E-state index in [4.69, 9.17) is 21.1 Å². The van der Waals surface area contributed by atoms with Gasteiger partial charge in [0.05, 0.1) is 7.11 Å². The zero-order chi connectivity index (χ0) is 15.0. The monoisotopic (exact) mass is 297 g/mol. The maximum atomic E-state index is 6.12. The van der Waals surface area contributed by atoms with Gasteiger partial charge in [-0.2, -0.15) is 0 Å². The number of rotatable bonds is 8. The number of hydrogen-bond acceptors (Lipinski definition) is 3. The summed E-state index contributed by atoms with van der Waals surface area (Å²) in [6.07, 6.45) is 3.13. The van der Waals surface area contributed by atoms with Gasteiger partial charge in [-0.1, -0.05) is 24.1 Å². The van der Waals surface area contributed by atoms with Gasteiger partial charge < -0.3 is 14.8 Å². The van der Waals surface area contributed by atoms with Crippen molar-refractivity contribution in [2.45, 2.75) is 33.7 Å². The molecule has 0 spiro atoms. The van der Waals surface area contributed by atoms with Crippen LogP contribution in [0.25, 0.3) is 0 Å². The van der Waals surface area contributed by atoms with Crippen LogP contribution in [0.5, 0.6) is 11.5 Å². The molecule has 0 radical (unpaired) electrons. The fourth-order valence-electron chi connectivity index (χ4n) is 1.76. The van der Waals surface area contributed by atoms with E-state index in [0.717, 1.165) is 30.8 Å². The first-order chi connectivity index (χ1) is 9.58. The molecular weight excluding hydrogens is 274 g/mol. The highest BCUT2D eigenvalue weighted by atomic mass is 35.5. The molecule has 1 N–H and O–H groups in total. The normalized spacial score (nSPS) is 10.2. The molecule has 4 heteroatoms. The van der Waals surface area contributed by atoms with E-state index in [0.29, 0.717) is 17.4 Å². The van der Waals surface area contributed by atoms with Crippen LogP contribution >= 0.6 is 11.6 Å². The Bertz CT molecular complexity index is 454. The largest absolute Gasteiger partial charge is 0.493 e. The molecule has 0 bridgehead atoms. The van der Waals surface area contributed by atoms with Crippen molar-refractivity contribution < 1.29 is 9.47 Å². The lowest BCUT2D eigenvalue weighted by molar-refractivity contribution is 0.321. The molecule has 0 saturated carbocycles. The topological polar surface area (TPSA) is 30.5 Å². The van der Waals surface area contributed by atoms with Crippen LogP contribution < -0.4 is 14.8 Å². The molecule has 0 atom stereocenters. The lowest BCUT2D eigenvalue weighted by Crippen LogP contribution is -2.15. The summed E-state index contributed by atoms with van der Waals surface area (Å²) < 4.78 is 11.2. The van der Waals surface area contributed by atoms with Gasteiger partial charge in [-0.25, -0.2) is 0 Å². The number of nitrogens with one attached hydrogen (secondary N) is 1. The second kappa shape index (κ2) is 8.88. The van der Waals surface area contributed by atoms with E-state index >= 15 is 0 Å². The SMILES string of the molecule is CCCNCc1cc(Cl)cc(OC)c1OCC=C(C)C. The Morgan fingerprint density at radius 3 is 2.70 bits per heavy atom. The number of hydrogen-bond donors (Lipinski definition) is 1. The van der Waals surface area contributed by atoms with Gasteiger partial charge >= 0.3 is 0 Å². The molecule has 3 nitrogen and oxygen atoms in total. The van der Waals surface area contributed by atoms with Gasteiger partial charge in [-0.05, 0) is 39.0 Å².